The summed E-state index contributed by atoms with van der Waals surface area (Å²) in [6, 6.07) is 0. The van der Waals surface area contributed by atoms with E-state index >= 15 is 0 Å². The van der Waals surface area contributed by atoms with Gasteiger partial charge in [-0.2, -0.15) is 0 Å². The van der Waals surface area contributed by atoms with E-state index in [1.165, 1.54) is 0 Å². The van der Waals surface area contributed by atoms with Crippen LogP contribution in [0.2, 0.25) is 0 Å². The van der Waals surface area contributed by atoms with Crippen LogP contribution in [0.5, 0.6) is 0 Å². The molecule has 6 heteroatoms. The number of imidazole rings is 1. The van der Waals surface area contributed by atoms with Crippen molar-refractivity contribution in [2.45, 2.75) is 6.54 Å². The van der Waals surface area contributed by atoms with Gasteiger partial charge >= 0.3 is 5.97 Å². The first-order valence-corrected chi connectivity index (χ1v) is 5.01. The molecular weight excluding hydrogens is 212 g/mol. The van der Waals surface area contributed by atoms with Gasteiger partial charge in [0.25, 0.3) is 0 Å². The minimum absolute atomic E-state index is 0.0344. The summed E-state index contributed by atoms with van der Waals surface area (Å²) < 4.78 is 16.5. The number of methoxy groups -OCH3 is 1. The van der Waals surface area contributed by atoms with Gasteiger partial charge in [0.2, 0.25) is 0 Å². The number of hydrogen-bond acceptors (Lipinski definition) is 5. The van der Waals surface area contributed by atoms with Crippen LogP contribution in [0.25, 0.3) is 0 Å². The summed E-state index contributed by atoms with van der Waals surface area (Å²) in [6.07, 6.45) is 5.15. The number of aromatic nitrogens is 2. The number of carbonyl (C=O) groups is 1. The molecule has 0 aliphatic rings. The van der Waals surface area contributed by atoms with Crippen LogP contribution in [0.15, 0.2) is 18.7 Å². The van der Waals surface area contributed by atoms with Crippen LogP contribution in [-0.4, -0.2) is 49.1 Å². The van der Waals surface area contributed by atoms with Gasteiger partial charge in [0.1, 0.15) is 13.2 Å². The van der Waals surface area contributed by atoms with Gasteiger partial charge in [-0.25, -0.2) is 9.78 Å². The first kappa shape index (κ1) is 12.7. The Hall–Kier alpha value is -1.40. The lowest BCUT2D eigenvalue weighted by Crippen LogP contribution is -2.17. The molecular formula is C10H16N2O4. The maximum atomic E-state index is 11.1. The molecule has 0 spiro atoms. The third kappa shape index (κ3) is 5.47. The molecule has 1 rings (SSSR count). The molecule has 0 radical (unpaired) electrons. The summed E-state index contributed by atoms with van der Waals surface area (Å²) in [5.41, 5.74) is 0. The van der Waals surface area contributed by atoms with Crippen molar-refractivity contribution in [1.82, 2.24) is 9.55 Å². The van der Waals surface area contributed by atoms with Gasteiger partial charge in [0.15, 0.2) is 0 Å². The molecule has 0 fully saturated rings. The summed E-state index contributed by atoms with van der Waals surface area (Å²) in [5, 5.41) is 0. The minimum Gasteiger partial charge on any atom is -0.462 e. The minimum atomic E-state index is -0.365. The second-order valence-corrected chi connectivity index (χ2v) is 3.07. The highest BCUT2D eigenvalue weighted by atomic mass is 16.6. The van der Waals surface area contributed by atoms with E-state index in [-0.39, 0.29) is 12.6 Å². The Bertz CT molecular complexity index is 287. The Morgan fingerprint density at radius 3 is 2.94 bits per heavy atom. The summed E-state index contributed by atoms with van der Waals surface area (Å²) in [5.74, 6) is -0.365. The quantitative estimate of drug-likeness (QED) is 0.466. The molecule has 1 aromatic heterocycles. The number of nitrogens with zero attached hydrogens (tertiary/aromatic N) is 2. The maximum Gasteiger partial charge on any atom is 0.332 e. The highest BCUT2D eigenvalue weighted by Gasteiger charge is 2.02. The van der Waals surface area contributed by atoms with Crippen LogP contribution in [0.4, 0.5) is 0 Å². The molecule has 0 amide bonds. The Balaban J connectivity index is 1.98. The number of ether oxygens (including phenoxy) is 3. The highest BCUT2D eigenvalue weighted by molar-refractivity contribution is 5.70. The molecule has 90 valence electrons. The maximum absolute atomic E-state index is 11.1. The first-order valence-electron chi connectivity index (χ1n) is 5.01. The largest absolute Gasteiger partial charge is 0.462 e. The van der Waals surface area contributed by atoms with Crippen LogP contribution < -0.4 is 0 Å². The monoisotopic (exact) mass is 228 g/mol. The zero-order valence-electron chi connectivity index (χ0n) is 9.30. The molecule has 1 aromatic rings. The van der Waals surface area contributed by atoms with Crippen molar-refractivity contribution in [3.05, 3.63) is 18.7 Å². The van der Waals surface area contributed by atoms with Gasteiger partial charge in [0.05, 0.1) is 26.1 Å². The van der Waals surface area contributed by atoms with E-state index in [0.717, 1.165) is 0 Å². The molecule has 0 aromatic carbocycles. The lowest BCUT2D eigenvalue weighted by Gasteiger charge is -2.05. The topological polar surface area (TPSA) is 62.6 Å². The van der Waals surface area contributed by atoms with E-state index in [1.807, 2.05) is 10.8 Å². The Morgan fingerprint density at radius 2 is 2.25 bits per heavy atom. The predicted molar refractivity (Wildman–Crippen MR) is 55.9 cm³/mol. The molecule has 0 saturated carbocycles. The van der Waals surface area contributed by atoms with E-state index in [9.17, 15) is 4.79 Å². The number of rotatable bonds is 8. The molecule has 0 unspecified atom stereocenters. The van der Waals surface area contributed by atoms with Crippen LogP contribution in [-0.2, 0) is 25.5 Å². The Labute approximate surface area is 94.1 Å². The van der Waals surface area contributed by atoms with E-state index in [0.29, 0.717) is 26.4 Å². The second-order valence-electron chi connectivity index (χ2n) is 3.07. The third-order valence-electron chi connectivity index (χ3n) is 1.82. The smallest absolute Gasteiger partial charge is 0.332 e. The third-order valence-corrected chi connectivity index (χ3v) is 1.82. The molecule has 0 bridgehead atoms. The van der Waals surface area contributed by atoms with Gasteiger partial charge in [-0.05, 0) is 0 Å². The van der Waals surface area contributed by atoms with Crippen molar-refractivity contribution < 1.29 is 19.0 Å². The average molecular weight is 228 g/mol. The predicted octanol–water partition coefficient (Wildman–Crippen LogP) is 0.0893. The van der Waals surface area contributed by atoms with Gasteiger partial charge < -0.3 is 18.8 Å². The van der Waals surface area contributed by atoms with E-state index in [2.05, 4.69) is 4.98 Å². The number of esters is 1. The van der Waals surface area contributed by atoms with E-state index in [1.54, 1.807) is 19.6 Å². The first-order chi connectivity index (χ1) is 7.83. The van der Waals surface area contributed by atoms with Gasteiger partial charge in [-0.15, -0.1) is 0 Å². The van der Waals surface area contributed by atoms with Crippen LogP contribution >= 0.6 is 0 Å². The van der Waals surface area contributed by atoms with Crippen LogP contribution in [0.3, 0.4) is 0 Å². The van der Waals surface area contributed by atoms with Crippen molar-refractivity contribution in [3.8, 4) is 0 Å². The second kappa shape index (κ2) is 7.84. The van der Waals surface area contributed by atoms with Crippen LogP contribution in [0, 0.1) is 0 Å². The van der Waals surface area contributed by atoms with Crippen molar-refractivity contribution in [2.24, 2.45) is 0 Å². The zero-order valence-corrected chi connectivity index (χ0v) is 9.30. The van der Waals surface area contributed by atoms with Crippen LogP contribution in [0.1, 0.15) is 0 Å². The molecule has 0 aliphatic heterocycles. The van der Waals surface area contributed by atoms with Crippen molar-refractivity contribution in [1.29, 1.82) is 0 Å². The summed E-state index contributed by atoms with van der Waals surface area (Å²) in [4.78, 5) is 15.0. The van der Waals surface area contributed by atoms with Gasteiger partial charge in [-0.1, -0.05) is 0 Å². The molecule has 0 atom stereocenters. The standard InChI is InChI=1S/C10H16N2O4/c1-14-6-7-15-8-10(13)16-5-4-12-3-2-11-9-12/h2-3,9H,4-8H2,1H3. The molecule has 0 N–H and O–H groups in total. The van der Waals surface area contributed by atoms with Gasteiger partial charge in [0, 0.05) is 19.5 Å². The molecule has 0 saturated heterocycles. The van der Waals surface area contributed by atoms with Crippen molar-refractivity contribution >= 4 is 5.97 Å². The molecule has 6 nitrogen and oxygen atoms in total. The molecule has 0 aliphatic carbocycles. The Morgan fingerprint density at radius 1 is 1.38 bits per heavy atom. The van der Waals surface area contributed by atoms with Crippen molar-refractivity contribution in [2.75, 3.05) is 33.5 Å². The number of carbonyl (C=O) groups excluding carboxylic acids is 1. The molecule has 16 heavy (non-hydrogen) atoms. The molecule has 1 heterocycles. The summed E-state index contributed by atoms with van der Waals surface area (Å²) in [6.45, 7) is 1.76. The summed E-state index contributed by atoms with van der Waals surface area (Å²) in [7, 11) is 1.58. The summed E-state index contributed by atoms with van der Waals surface area (Å²) >= 11 is 0. The Kier molecular flexibility index (Phi) is 6.20. The van der Waals surface area contributed by atoms with E-state index in [4.69, 9.17) is 14.2 Å². The number of hydrogen-bond donors (Lipinski definition) is 0. The van der Waals surface area contributed by atoms with Gasteiger partial charge in [-0.3, -0.25) is 0 Å². The average Bonchev–Trinajstić information content (AvgIpc) is 2.77. The fourth-order valence-corrected chi connectivity index (χ4v) is 1.02. The highest BCUT2D eigenvalue weighted by Crippen LogP contribution is 1.88. The lowest BCUT2D eigenvalue weighted by atomic mass is 10.6. The lowest BCUT2D eigenvalue weighted by molar-refractivity contribution is -0.149. The van der Waals surface area contributed by atoms with E-state index < -0.39 is 0 Å². The fourth-order valence-electron chi connectivity index (χ4n) is 1.02. The fraction of sp³-hybridized carbons (Fsp3) is 0.600. The van der Waals surface area contributed by atoms with Crippen molar-refractivity contribution in [3.63, 3.8) is 0 Å². The SMILES string of the molecule is COCCOCC(=O)OCCn1ccnc1. The normalized spacial score (nSPS) is 10.3. The zero-order chi connectivity index (χ0) is 11.6.